The molecule has 0 spiro atoms. The molecule has 2 aromatic carbocycles. The van der Waals surface area contributed by atoms with Crippen LogP contribution in [0, 0.1) is 0 Å². The fourth-order valence-corrected chi connectivity index (χ4v) is 2.86. The van der Waals surface area contributed by atoms with E-state index < -0.39 is 0 Å². The molecule has 1 aromatic heterocycles. The minimum absolute atomic E-state index is 0.0536. The summed E-state index contributed by atoms with van der Waals surface area (Å²) in [5.41, 5.74) is 2.67. The van der Waals surface area contributed by atoms with E-state index in [1.54, 1.807) is 6.20 Å². The maximum Gasteiger partial charge on any atom is 0.262 e. The van der Waals surface area contributed by atoms with E-state index in [1.165, 1.54) is 5.56 Å². The van der Waals surface area contributed by atoms with Crippen molar-refractivity contribution in [3.63, 3.8) is 0 Å². The van der Waals surface area contributed by atoms with Crippen molar-refractivity contribution in [1.29, 1.82) is 0 Å². The van der Waals surface area contributed by atoms with E-state index in [1.807, 2.05) is 48.5 Å². The Hall–Kier alpha value is -3.08. The molecular formula is C23H26N2O3. The molecule has 0 fully saturated rings. The van der Waals surface area contributed by atoms with Crippen molar-refractivity contribution in [3.8, 4) is 11.5 Å². The summed E-state index contributed by atoms with van der Waals surface area (Å²) in [6, 6.07) is 15.2. The Balaban J connectivity index is 1.67. The van der Waals surface area contributed by atoms with Crippen molar-refractivity contribution < 1.29 is 14.3 Å². The molecule has 0 unspecified atom stereocenters. The van der Waals surface area contributed by atoms with Crippen LogP contribution in [0.25, 0.3) is 10.9 Å². The highest BCUT2D eigenvalue weighted by Crippen LogP contribution is 2.30. The Morgan fingerprint density at radius 1 is 1.04 bits per heavy atom. The molecule has 3 rings (SSSR count). The number of fused-ring (bicyclic) bond motifs is 1. The molecule has 0 aliphatic carbocycles. The first-order chi connectivity index (χ1) is 13.7. The van der Waals surface area contributed by atoms with Crippen molar-refractivity contribution in [2.45, 2.75) is 33.1 Å². The van der Waals surface area contributed by atoms with Gasteiger partial charge in [-0.1, -0.05) is 32.4 Å². The second kappa shape index (κ2) is 9.74. The van der Waals surface area contributed by atoms with Crippen molar-refractivity contribution >= 4 is 22.5 Å². The maximum atomic E-state index is 12.4. The van der Waals surface area contributed by atoms with E-state index >= 15 is 0 Å². The molecule has 0 bridgehead atoms. The highest BCUT2D eigenvalue weighted by atomic mass is 16.5. The van der Waals surface area contributed by atoms with Crippen LogP contribution in [0.15, 0.2) is 54.7 Å². The van der Waals surface area contributed by atoms with Gasteiger partial charge < -0.3 is 14.8 Å². The van der Waals surface area contributed by atoms with E-state index in [2.05, 4.69) is 24.1 Å². The Bertz CT molecular complexity index is 923. The lowest BCUT2D eigenvalue weighted by Crippen LogP contribution is -2.20. The van der Waals surface area contributed by atoms with Gasteiger partial charge in [0.2, 0.25) is 0 Å². The number of aromatic nitrogens is 1. The molecule has 5 heteroatoms. The highest BCUT2D eigenvalue weighted by molar-refractivity contribution is 6.03. The summed E-state index contributed by atoms with van der Waals surface area (Å²) < 4.78 is 11.4. The monoisotopic (exact) mass is 378 g/mol. The number of nitrogens with zero attached hydrogens (tertiary/aromatic N) is 1. The van der Waals surface area contributed by atoms with Gasteiger partial charge in [0, 0.05) is 11.6 Å². The van der Waals surface area contributed by atoms with Crippen LogP contribution in [-0.2, 0) is 11.2 Å². The molecule has 5 nitrogen and oxygen atoms in total. The van der Waals surface area contributed by atoms with Crippen molar-refractivity contribution in [3.05, 3.63) is 60.3 Å². The topological polar surface area (TPSA) is 60.5 Å². The molecule has 0 aliphatic rings. The second-order valence-corrected chi connectivity index (χ2v) is 6.55. The number of rotatable bonds is 9. The largest absolute Gasteiger partial charge is 0.491 e. The Morgan fingerprint density at radius 3 is 2.61 bits per heavy atom. The number of carbonyl (C=O) groups is 1. The molecule has 0 aliphatic heterocycles. The van der Waals surface area contributed by atoms with Gasteiger partial charge >= 0.3 is 0 Å². The van der Waals surface area contributed by atoms with Crippen LogP contribution in [0.2, 0.25) is 0 Å². The number of hydrogen-bond donors (Lipinski definition) is 1. The lowest BCUT2D eigenvalue weighted by atomic mass is 10.1. The van der Waals surface area contributed by atoms with Gasteiger partial charge in [0.25, 0.3) is 5.91 Å². The third-order valence-electron chi connectivity index (χ3n) is 4.46. The third-order valence-corrected chi connectivity index (χ3v) is 4.46. The number of pyridine rings is 1. The number of nitrogens with one attached hydrogen (secondary N) is 1. The number of ether oxygens (including phenoxy) is 2. The van der Waals surface area contributed by atoms with Crippen LogP contribution in [0.1, 0.15) is 32.3 Å². The zero-order valence-electron chi connectivity index (χ0n) is 16.4. The summed E-state index contributed by atoms with van der Waals surface area (Å²) in [6.07, 6.45) is 4.76. The Morgan fingerprint density at radius 2 is 1.86 bits per heavy atom. The van der Waals surface area contributed by atoms with Gasteiger partial charge in [0.1, 0.15) is 17.0 Å². The van der Waals surface area contributed by atoms with Gasteiger partial charge in [-0.15, -0.1) is 0 Å². The average molecular weight is 378 g/mol. The normalized spacial score (nSPS) is 10.6. The van der Waals surface area contributed by atoms with Crippen LogP contribution in [0.3, 0.4) is 0 Å². The average Bonchev–Trinajstić information content (AvgIpc) is 2.74. The molecule has 0 saturated heterocycles. The SMILES string of the molecule is CCCCOc1ccc(NC(=O)COc2ccc(CC)cc2)c2cccnc12. The van der Waals surface area contributed by atoms with Crippen LogP contribution in [0.4, 0.5) is 5.69 Å². The summed E-state index contributed by atoms with van der Waals surface area (Å²) in [7, 11) is 0. The van der Waals surface area contributed by atoms with Gasteiger partial charge in [-0.2, -0.15) is 0 Å². The molecule has 1 heterocycles. The molecule has 0 saturated carbocycles. The minimum Gasteiger partial charge on any atom is -0.491 e. The predicted octanol–water partition coefficient (Wildman–Crippen LogP) is 4.99. The first-order valence-electron chi connectivity index (χ1n) is 9.73. The second-order valence-electron chi connectivity index (χ2n) is 6.55. The Kier molecular flexibility index (Phi) is 6.84. The summed E-state index contributed by atoms with van der Waals surface area (Å²) in [6.45, 7) is 4.82. The summed E-state index contributed by atoms with van der Waals surface area (Å²) in [5.74, 6) is 1.19. The van der Waals surface area contributed by atoms with Gasteiger partial charge in [0.15, 0.2) is 6.61 Å². The molecular weight excluding hydrogens is 352 g/mol. The van der Waals surface area contributed by atoms with Gasteiger partial charge in [0.05, 0.1) is 12.3 Å². The van der Waals surface area contributed by atoms with E-state index in [0.717, 1.165) is 35.9 Å². The number of aryl methyl sites for hydroxylation is 1. The van der Waals surface area contributed by atoms with Crippen LogP contribution in [-0.4, -0.2) is 24.1 Å². The number of unbranched alkanes of at least 4 members (excludes halogenated alkanes) is 1. The lowest BCUT2D eigenvalue weighted by Gasteiger charge is -2.13. The van der Waals surface area contributed by atoms with Gasteiger partial charge in [-0.25, -0.2) is 0 Å². The zero-order chi connectivity index (χ0) is 19.8. The van der Waals surface area contributed by atoms with Crippen LogP contribution >= 0.6 is 0 Å². The molecule has 28 heavy (non-hydrogen) atoms. The number of hydrogen-bond acceptors (Lipinski definition) is 4. The third kappa shape index (κ3) is 5.00. The number of carbonyl (C=O) groups excluding carboxylic acids is 1. The van der Waals surface area contributed by atoms with E-state index in [9.17, 15) is 4.79 Å². The smallest absolute Gasteiger partial charge is 0.262 e. The first-order valence-corrected chi connectivity index (χ1v) is 9.73. The quantitative estimate of drug-likeness (QED) is 0.533. The van der Waals surface area contributed by atoms with Crippen molar-refractivity contribution in [2.75, 3.05) is 18.5 Å². The molecule has 0 radical (unpaired) electrons. The predicted molar refractivity (Wildman–Crippen MR) is 112 cm³/mol. The summed E-state index contributed by atoms with van der Waals surface area (Å²) >= 11 is 0. The van der Waals surface area contributed by atoms with E-state index in [4.69, 9.17) is 9.47 Å². The number of amides is 1. The summed E-state index contributed by atoms with van der Waals surface area (Å²) in [4.78, 5) is 16.8. The number of benzene rings is 2. The zero-order valence-corrected chi connectivity index (χ0v) is 16.4. The summed E-state index contributed by atoms with van der Waals surface area (Å²) in [5, 5.41) is 3.76. The van der Waals surface area contributed by atoms with Gasteiger partial charge in [-0.05, 0) is 54.8 Å². The maximum absolute atomic E-state index is 12.4. The Labute approximate surface area is 165 Å². The van der Waals surface area contributed by atoms with Crippen molar-refractivity contribution in [1.82, 2.24) is 4.98 Å². The first kappa shape index (κ1) is 19.7. The van der Waals surface area contributed by atoms with Crippen LogP contribution < -0.4 is 14.8 Å². The van der Waals surface area contributed by atoms with Gasteiger partial charge in [-0.3, -0.25) is 9.78 Å². The van der Waals surface area contributed by atoms with Crippen LogP contribution in [0.5, 0.6) is 11.5 Å². The fourth-order valence-electron chi connectivity index (χ4n) is 2.86. The highest BCUT2D eigenvalue weighted by Gasteiger charge is 2.11. The van der Waals surface area contributed by atoms with E-state index in [-0.39, 0.29) is 12.5 Å². The number of anilines is 1. The standard InChI is InChI=1S/C23H26N2O3/c1-3-5-15-27-21-13-12-20(19-7-6-14-24-23(19)21)25-22(26)16-28-18-10-8-17(4-2)9-11-18/h6-14H,3-5,15-16H2,1-2H3,(H,25,26). The van der Waals surface area contributed by atoms with E-state index in [0.29, 0.717) is 18.0 Å². The fraction of sp³-hybridized carbons (Fsp3) is 0.304. The minimum atomic E-state index is -0.218. The molecule has 0 atom stereocenters. The molecule has 1 amide bonds. The molecule has 1 N–H and O–H groups in total. The molecule has 146 valence electrons. The molecule has 3 aromatic rings. The lowest BCUT2D eigenvalue weighted by molar-refractivity contribution is -0.118. The van der Waals surface area contributed by atoms with Crippen molar-refractivity contribution in [2.24, 2.45) is 0 Å².